The van der Waals surface area contributed by atoms with Crippen molar-refractivity contribution < 1.29 is 9.90 Å². The van der Waals surface area contributed by atoms with Crippen LogP contribution in [0, 0.1) is 0 Å². The first-order chi connectivity index (χ1) is 8.90. The maximum absolute atomic E-state index is 12.0. The summed E-state index contributed by atoms with van der Waals surface area (Å²) in [4.78, 5) is 12.0. The van der Waals surface area contributed by atoms with E-state index in [4.69, 9.17) is 0 Å². The minimum absolute atomic E-state index is 0.172. The van der Waals surface area contributed by atoms with Gasteiger partial charge in [0.05, 0.1) is 6.54 Å². The van der Waals surface area contributed by atoms with Gasteiger partial charge in [0.15, 0.2) is 0 Å². The summed E-state index contributed by atoms with van der Waals surface area (Å²) in [6.07, 6.45) is 1.81. The van der Waals surface area contributed by atoms with Crippen LogP contribution in [0.3, 0.4) is 0 Å². The molecule has 0 aliphatic heterocycles. The number of halogens is 1. The van der Waals surface area contributed by atoms with Gasteiger partial charge in [-0.25, -0.2) is 0 Å². The summed E-state index contributed by atoms with van der Waals surface area (Å²) < 4.78 is 2.59. The third kappa shape index (κ3) is 3.26. The number of rotatable bonds is 4. The first kappa shape index (κ1) is 14.3. The van der Waals surface area contributed by atoms with Gasteiger partial charge in [-0.15, -0.1) is 0 Å². The quantitative estimate of drug-likeness (QED) is 0.896. The Balaban J connectivity index is 2.03. The monoisotopic (exact) mass is 342 g/mol. The molecule has 2 rings (SSSR count). The van der Waals surface area contributed by atoms with Gasteiger partial charge < -0.3 is 15.0 Å². The van der Waals surface area contributed by atoms with Crippen molar-refractivity contribution in [3.05, 3.63) is 44.8 Å². The van der Waals surface area contributed by atoms with Crippen molar-refractivity contribution in [2.75, 3.05) is 6.54 Å². The van der Waals surface area contributed by atoms with Crippen LogP contribution >= 0.6 is 27.3 Å². The standard InChI is InChI=1S/C13H15BrN2O2S/c1-13(18,9-3-4-19-7-9)8-15-12(17)11-5-10(14)6-16(11)2/h3-7,18H,8H2,1-2H3,(H,15,17)/t13-/m1/s1. The molecule has 19 heavy (non-hydrogen) atoms. The summed E-state index contributed by atoms with van der Waals surface area (Å²) in [6.45, 7) is 1.86. The molecule has 0 fully saturated rings. The second kappa shape index (κ2) is 5.48. The zero-order valence-corrected chi connectivity index (χ0v) is 13.1. The van der Waals surface area contributed by atoms with E-state index in [0.29, 0.717) is 5.69 Å². The minimum Gasteiger partial charge on any atom is -0.384 e. The van der Waals surface area contributed by atoms with Crippen molar-refractivity contribution in [2.24, 2.45) is 7.05 Å². The lowest BCUT2D eigenvalue weighted by molar-refractivity contribution is 0.0527. The Morgan fingerprint density at radius 1 is 1.63 bits per heavy atom. The van der Waals surface area contributed by atoms with Gasteiger partial charge in [-0.05, 0) is 51.3 Å². The molecule has 1 atom stereocenters. The minimum atomic E-state index is -1.06. The van der Waals surface area contributed by atoms with Crippen LogP contribution in [-0.2, 0) is 12.6 Å². The van der Waals surface area contributed by atoms with E-state index in [-0.39, 0.29) is 12.5 Å². The number of carbonyl (C=O) groups excluding carboxylic acids is 1. The molecule has 1 amide bonds. The van der Waals surface area contributed by atoms with Crippen molar-refractivity contribution in [3.8, 4) is 0 Å². The van der Waals surface area contributed by atoms with Crippen LogP contribution in [0.5, 0.6) is 0 Å². The number of carbonyl (C=O) groups is 1. The molecule has 2 N–H and O–H groups in total. The normalized spacial score (nSPS) is 14.1. The maximum atomic E-state index is 12.0. The first-order valence-electron chi connectivity index (χ1n) is 5.75. The lowest BCUT2D eigenvalue weighted by atomic mass is 9.99. The number of hydrogen-bond acceptors (Lipinski definition) is 3. The second-order valence-electron chi connectivity index (χ2n) is 4.62. The predicted molar refractivity (Wildman–Crippen MR) is 79.3 cm³/mol. The number of nitrogens with one attached hydrogen (secondary N) is 1. The summed E-state index contributed by atoms with van der Waals surface area (Å²) in [5.74, 6) is -0.205. The van der Waals surface area contributed by atoms with Gasteiger partial charge >= 0.3 is 0 Å². The maximum Gasteiger partial charge on any atom is 0.268 e. The van der Waals surface area contributed by atoms with Crippen molar-refractivity contribution >= 4 is 33.2 Å². The molecule has 0 bridgehead atoms. The first-order valence-corrected chi connectivity index (χ1v) is 7.49. The topological polar surface area (TPSA) is 54.3 Å². The smallest absolute Gasteiger partial charge is 0.268 e. The Bertz CT molecular complexity index is 575. The van der Waals surface area contributed by atoms with Crippen LogP contribution in [-0.4, -0.2) is 22.1 Å². The lowest BCUT2D eigenvalue weighted by Crippen LogP contribution is -2.38. The van der Waals surface area contributed by atoms with E-state index >= 15 is 0 Å². The number of nitrogens with zero attached hydrogens (tertiary/aromatic N) is 1. The highest BCUT2D eigenvalue weighted by Gasteiger charge is 2.24. The van der Waals surface area contributed by atoms with E-state index in [1.807, 2.05) is 23.0 Å². The molecular formula is C13H15BrN2O2S. The highest BCUT2D eigenvalue weighted by molar-refractivity contribution is 9.10. The third-order valence-corrected chi connectivity index (χ3v) is 4.06. The summed E-state index contributed by atoms with van der Waals surface area (Å²) >= 11 is 4.84. The van der Waals surface area contributed by atoms with E-state index in [9.17, 15) is 9.90 Å². The van der Waals surface area contributed by atoms with Gasteiger partial charge in [0.1, 0.15) is 11.3 Å². The largest absolute Gasteiger partial charge is 0.384 e. The molecule has 0 aromatic carbocycles. The Labute approximate surface area is 124 Å². The Kier molecular flexibility index (Phi) is 4.13. The number of aromatic nitrogens is 1. The average Bonchev–Trinajstić information content (AvgIpc) is 2.96. The molecule has 2 aromatic heterocycles. The number of amides is 1. The van der Waals surface area contributed by atoms with Gasteiger partial charge in [-0.3, -0.25) is 4.79 Å². The molecule has 4 nitrogen and oxygen atoms in total. The highest BCUT2D eigenvalue weighted by atomic mass is 79.9. The molecule has 0 aliphatic carbocycles. The Morgan fingerprint density at radius 2 is 2.37 bits per heavy atom. The van der Waals surface area contributed by atoms with Crippen LogP contribution in [0.4, 0.5) is 0 Å². The number of aliphatic hydroxyl groups is 1. The molecule has 2 aromatic rings. The van der Waals surface area contributed by atoms with Gasteiger partial charge in [0, 0.05) is 17.7 Å². The van der Waals surface area contributed by atoms with Crippen LogP contribution < -0.4 is 5.32 Å². The Hall–Kier alpha value is -1.11. The molecule has 6 heteroatoms. The number of thiophene rings is 1. The summed E-state index contributed by atoms with van der Waals surface area (Å²) in [5, 5.41) is 16.9. The van der Waals surface area contributed by atoms with E-state index in [1.54, 1.807) is 24.6 Å². The van der Waals surface area contributed by atoms with Gasteiger partial charge in [0.2, 0.25) is 0 Å². The van der Waals surface area contributed by atoms with Crippen molar-refractivity contribution in [2.45, 2.75) is 12.5 Å². The predicted octanol–water partition coefficient (Wildman–Crippen LogP) is 2.49. The van der Waals surface area contributed by atoms with Crippen LogP contribution in [0.25, 0.3) is 0 Å². The SMILES string of the molecule is Cn1cc(Br)cc1C(=O)NC[C@@](C)(O)c1ccsc1. The average molecular weight is 343 g/mol. The fourth-order valence-corrected chi connectivity index (χ4v) is 3.07. The molecular weight excluding hydrogens is 328 g/mol. The number of aryl methyl sites for hydroxylation is 1. The van der Waals surface area contributed by atoms with Gasteiger partial charge in [-0.2, -0.15) is 11.3 Å². The zero-order chi connectivity index (χ0) is 14.0. The van der Waals surface area contributed by atoms with E-state index in [0.717, 1.165) is 10.0 Å². The molecule has 0 radical (unpaired) electrons. The van der Waals surface area contributed by atoms with Crippen molar-refractivity contribution in [1.29, 1.82) is 0 Å². The van der Waals surface area contributed by atoms with E-state index < -0.39 is 5.60 Å². The van der Waals surface area contributed by atoms with Crippen molar-refractivity contribution in [3.63, 3.8) is 0 Å². The zero-order valence-electron chi connectivity index (χ0n) is 10.7. The third-order valence-electron chi connectivity index (χ3n) is 2.94. The fraction of sp³-hybridized carbons (Fsp3) is 0.308. The highest BCUT2D eigenvalue weighted by Crippen LogP contribution is 2.22. The summed E-state index contributed by atoms with van der Waals surface area (Å²) in [6, 6.07) is 3.60. The molecule has 0 saturated carbocycles. The molecule has 0 saturated heterocycles. The van der Waals surface area contributed by atoms with Gasteiger partial charge in [-0.1, -0.05) is 0 Å². The van der Waals surface area contributed by atoms with Crippen LogP contribution in [0.15, 0.2) is 33.6 Å². The van der Waals surface area contributed by atoms with E-state index in [1.165, 1.54) is 11.3 Å². The molecule has 0 spiro atoms. The fourth-order valence-electron chi connectivity index (χ4n) is 1.77. The molecule has 0 aliphatic rings. The molecule has 102 valence electrons. The van der Waals surface area contributed by atoms with Gasteiger partial charge in [0.25, 0.3) is 5.91 Å². The molecule has 2 heterocycles. The Morgan fingerprint density at radius 3 is 2.89 bits per heavy atom. The number of hydrogen-bond donors (Lipinski definition) is 2. The summed E-state index contributed by atoms with van der Waals surface area (Å²) in [5.41, 5.74) is 0.303. The van der Waals surface area contributed by atoms with Crippen LogP contribution in [0.1, 0.15) is 23.0 Å². The van der Waals surface area contributed by atoms with Crippen molar-refractivity contribution in [1.82, 2.24) is 9.88 Å². The second-order valence-corrected chi connectivity index (χ2v) is 6.32. The lowest BCUT2D eigenvalue weighted by Gasteiger charge is -2.22. The molecule has 0 unspecified atom stereocenters. The van der Waals surface area contributed by atoms with E-state index in [2.05, 4.69) is 21.2 Å². The summed E-state index contributed by atoms with van der Waals surface area (Å²) in [7, 11) is 1.80. The van der Waals surface area contributed by atoms with Crippen LogP contribution in [0.2, 0.25) is 0 Å².